The van der Waals surface area contributed by atoms with Crippen molar-refractivity contribution in [2.24, 2.45) is 0 Å². The molecule has 0 spiro atoms. The van der Waals surface area contributed by atoms with Crippen LogP contribution in [0.4, 0.5) is 13.2 Å². The predicted octanol–water partition coefficient (Wildman–Crippen LogP) is 2.38. The summed E-state index contributed by atoms with van der Waals surface area (Å²) in [5, 5.41) is 3.39. The molecule has 1 fully saturated rings. The van der Waals surface area contributed by atoms with E-state index in [9.17, 15) is 13.2 Å². The van der Waals surface area contributed by atoms with Crippen molar-refractivity contribution in [3.63, 3.8) is 0 Å². The van der Waals surface area contributed by atoms with Gasteiger partial charge in [0.15, 0.2) is 0 Å². The van der Waals surface area contributed by atoms with Crippen LogP contribution >= 0.6 is 0 Å². The Balaban J connectivity index is 1.82. The molecule has 19 heavy (non-hydrogen) atoms. The fraction of sp³-hybridized carbons (Fsp3) is 0.538. The highest BCUT2D eigenvalue weighted by molar-refractivity contribution is 5.27. The molecular weight excluding hydrogens is 257 g/mol. The van der Waals surface area contributed by atoms with Crippen molar-refractivity contribution in [3.05, 3.63) is 29.8 Å². The Labute approximate surface area is 110 Å². The van der Waals surface area contributed by atoms with Crippen LogP contribution in [0.1, 0.15) is 12.0 Å². The number of nitrogens with one attached hydrogen (secondary N) is 1. The number of rotatable bonds is 4. The third-order valence-corrected chi connectivity index (χ3v) is 3.14. The van der Waals surface area contributed by atoms with Gasteiger partial charge >= 0.3 is 6.36 Å². The normalized spacial score (nSPS) is 20.7. The van der Waals surface area contributed by atoms with Gasteiger partial charge in [-0.25, -0.2) is 0 Å². The molecular formula is C13H17F3N2O. The standard InChI is InChI=1S/C13H17F3N2O/c1-18-7-6-11(9-18)17-8-10-2-4-12(5-3-10)19-13(14,15)16/h2-5,11,17H,6-9H2,1H3. The summed E-state index contributed by atoms with van der Waals surface area (Å²) in [5.41, 5.74) is 0.948. The number of alkyl halides is 3. The summed E-state index contributed by atoms with van der Waals surface area (Å²) in [6.07, 6.45) is -3.53. The van der Waals surface area contributed by atoms with Crippen LogP contribution < -0.4 is 10.1 Å². The summed E-state index contributed by atoms with van der Waals surface area (Å²) in [7, 11) is 2.07. The van der Waals surface area contributed by atoms with Gasteiger partial charge in [-0.2, -0.15) is 0 Å². The zero-order chi connectivity index (χ0) is 13.9. The molecule has 0 saturated carbocycles. The SMILES string of the molecule is CN1CCC(NCc2ccc(OC(F)(F)F)cc2)C1. The van der Waals surface area contributed by atoms with Crippen molar-refractivity contribution in [2.45, 2.75) is 25.4 Å². The van der Waals surface area contributed by atoms with Crippen molar-refractivity contribution in [1.82, 2.24) is 10.2 Å². The van der Waals surface area contributed by atoms with Gasteiger partial charge in [-0.05, 0) is 37.7 Å². The molecule has 1 heterocycles. The van der Waals surface area contributed by atoms with Gasteiger partial charge in [0.05, 0.1) is 0 Å². The molecule has 2 rings (SSSR count). The van der Waals surface area contributed by atoms with Crippen LogP contribution in [0.3, 0.4) is 0 Å². The minimum atomic E-state index is -4.63. The van der Waals surface area contributed by atoms with E-state index in [1.807, 2.05) is 0 Å². The maximum Gasteiger partial charge on any atom is 0.573 e. The summed E-state index contributed by atoms with van der Waals surface area (Å²) >= 11 is 0. The Morgan fingerprint density at radius 3 is 2.53 bits per heavy atom. The first-order chi connectivity index (χ1) is 8.92. The van der Waals surface area contributed by atoms with Crippen molar-refractivity contribution < 1.29 is 17.9 Å². The van der Waals surface area contributed by atoms with Crippen molar-refractivity contribution >= 4 is 0 Å². The Bertz CT molecular complexity index is 405. The highest BCUT2D eigenvalue weighted by Gasteiger charge is 2.30. The number of ether oxygens (including phenoxy) is 1. The molecule has 1 N–H and O–H groups in total. The lowest BCUT2D eigenvalue weighted by Gasteiger charge is -2.13. The molecule has 1 aromatic carbocycles. The first kappa shape index (κ1) is 14.1. The van der Waals surface area contributed by atoms with E-state index in [2.05, 4.69) is 22.0 Å². The van der Waals surface area contributed by atoms with Gasteiger partial charge in [-0.3, -0.25) is 0 Å². The fourth-order valence-corrected chi connectivity index (χ4v) is 2.17. The smallest absolute Gasteiger partial charge is 0.406 e. The molecule has 1 saturated heterocycles. The van der Waals surface area contributed by atoms with Gasteiger partial charge in [0, 0.05) is 19.1 Å². The first-order valence-electron chi connectivity index (χ1n) is 6.19. The van der Waals surface area contributed by atoms with E-state index in [-0.39, 0.29) is 5.75 Å². The van der Waals surface area contributed by atoms with Crippen LogP contribution in [-0.4, -0.2) is 37.4 Å². The van der Waals surface area contributed by atoms with Crippen molar-refractivity contribution in [3.8, 4) is 5.75 Å². The zero-order valence-corrected chi connectivity index (χ0v) is 10.7. The number of benzene rings is 1. The fourth-order valence-electron chi connectivity index (χ4n) is 2.17. The lowest BCUT2D eigenvalue weighted by Crippen LogP contribution is -2.30. The number of halogens is 3. The van der Waals surface area contributed by atoms with Crippen LogP contribution in [-0.2, 0) is 6.54 Å². The number of hydrogen-bond donors (Lipinski definition) is 1. The molecule has 1 unspecified atom stereocenters. The average Bonchev–Trinajstić information content (AvgIpc) is 2.72. The van der Waals surface area contributed by atoms with E-state index in [4.69, 9.17) is 0 Å². The molecule has 1 atom stereocenters. The molecule has 0 aliphatic carbocycles. The second-order valence-corrected chi connectivity index (χ2v) is 4.82. The van der Waals surface area contributed by atoms with Crippen molar-refractivity contribution in [2.75, 3.05) is 20.1 Å². The van der Waals surface area contributed by atoms with Gasteiger partial charge in [0.1, 0.15) is 5.75 Å². The third kappa shape index (κ3) is 4.72. The number of hydrogen-bond acceptors (Lipinski definition) is 3. The van der Waals surface area contributed by atoms with Crippen LogP contribution in [0, 0.1) is 0 Å². The molecule has 1 aliphatic rings. The number of nitrogens with zero attached hydrogens (tertiary/aromatic N) is 1. The van der Waals surface area contributed by atoms with Gasteiger partial charge in [0.25, 0.3) is 0 Å². The second kappa shape index (κ2) is 5.79. The van der Waals surface area contributed by atoms with Crippen molar-refractivity contribution in [1.29, 1.82) is 0 Å². The first-order valence-corrected chi connectivity index (χ1v) is 6.19. The van der Waals surface area contributed by atoms with Gasteiger partial charge in [-0.1, -0.05) is 12.1 Å². The lowest BCUT2D eigenvalue weighted by atomic mass is 10.2. The molecule has 1 aromatic rings. The summed E-state index contributed by atoms with van der Waals surface area (Å²) in [5.74, 6) is -0.183. The maximum atomic E-state index is 12.0. The Hall–Kier alpha value is -1.27. The highest BCUT2D eigenvalue weighted by Crippen LogP contribution is 2.22. The third-order valence-electron chi connectivity index (χ3n) is 3.14. The molecule has 0 bridgehead atoms. The molecule has 3 nitrogen and oxygen atoms in total. The van der Waals surface area contributed by atoms with E-state index in [0.29, 0.717) is 12.6 Å². The molecule has 106 valence electrons. The molecule has 1 aliphatic heterocycles. The molecule has 0 radical (unpaired) electrons. The Morgan fingerprint density at radius 2 is 2.00 bits per heavy atom. The summed E-state index contributed by atoms with van der Waals surface area (Å²) in [6.45, 7) is 2.75. The van der Waals surface area contributed by atoms with E-state index in [1.54, 1.807) is 12.1 Å². The Morgan fingerprint density at radius 1 is 1.32 bits per heavy atom. The molecule has 6 heteroatoms. The minimum absolute atomic E-state index is 0.183. The van der Waals surface area contributed by atoms with E-state index >= 15 is 0 Å². The Kier molecular flexibility index (Phi) is 4.31. The zero-order valence-electron chi connectivity index (χ0n) is 10.7. The maximum absolute atomic E-state index is 12.0. The second-order valence-electron chi connectivity index (χ2n) is 4.82. The van der Waals surface area contributed by atoms with E-state index in [0.717, 1.165) is 25.1 Å². The van der Waals surface area contributed by atoms with E-state index in [1.165, 1.54) is 12.1 Å². The molecule has 0 aromatic heterocycles. The summed E-state index contributed by atoms with van der Waals surface area (Å²) in [4.78, 5) is 2.25. The van der Waals surface area contributed by atoms with Crippen LogP contribution in [0.2, 0.25) is 0 Å². The number of likely N-dealkylation sites (tertiary alicyclic amines) is 1. The van der Waals surface area contributed by atoms with Gasteiger partial charge in [-0.15, -0.1) is 13.2 Å². The van der Waals surface area contributed by atoms with E-state index < -0.39 is 6.36 Å². The van der Waals surface area contributed by atoms with Gasteiger partial charge in [0.2, 0.25) is 0 Å². The monoisotopic (exact) mass is 274 g/mol. The minimum Gasteiger partial charge on any atom is -0.406 e. The summed E-state index contributed by atoms with van der Waals surface area (Å²) < 4.78 is 39.8. The number of likely N-dealkylation sites (N-methyl/N-ethyl adjacent to an activating group) is 1. The largest absolute Gasteiger partial charge is 0.573 e. The molecule has 0 amide bonds. The predicted molar refractivity (Wildman–Crippen MR) is 65.9 cm³/mol. The highest BCUT2D eigenvalue weighted by atomic mass is 19.4. The average molecular weight is 274 g/mol. The lowest BCUT2D eigenvalue weighted by molar-refractivity contribution is -0.274. The van der Waals surface area contributed by atoms with Crippen LogP contribution in [0.25, 0.3) is 0 Å². The quantitative estimate of drug-likeness (QED) is 0.912. The van der Waals surface area contributed by atoms with Gasteiger partial charge < -0.3 is 15.0 Å². The summed E-state index contributed by atoms with van der Waals surface area (Å²) in [6, 6.07) is 6.42. The topological polar surface area (TPSA) is 24.5 Å². The van der Waals surface area contributed by atoms with Crippen LogP contribution in [0.15, 0.2) is 24.3 Å². The van der Waals surface area contributed by atoms with Crippen LogP contribution in [0.5, 0.6) is 5.75 Å².